The van der Waals surface area contributed by atoms with Gasteiger partial charge in [-0.1, -0.05) is 218 Å². The molecule has 0 aromatic heterocycles. The molecule has 0 atom stereocenters. The van der Waals surface area contributed by atoms with Crippen molar-refractivity contribution >= 4 is 34.1 Å². The summed E-state index contributed by atoms with van der Waals surface area (Å²) in [5.74, 6) is 3.07. The Hall–Kier alpha value is -10.2. The van der Waals surface area contributed by atoms with Gasteiger partial charge in [-0.25, -0.2) is 0 Å². The molecular weight excluding hydrogens is 937 g/mol. The molecule has 0 N–H and O–H groups in total. The Morgan fingerprint density at radius 2 is 0.481 bits per heavy atom. The topological polar surface area (TPSA) is 24.9 Å². The average molecular weight is 987 g/mol. The van der Waals surface area contributed by atoms with Crippen LogP contribution in [0.15, 0.2) is 303 Å². The van der Waals surface area contributed by atoms with Gasteiger partial charge in [-0.2, -0.15) is 0 Å². The number of anilines is 6. The fourth-order valence-electron chi connectivity index (χ4n) is 11.8. The van der Waals surface area contributed by atoms with Crippen molar-refractivity contribution in [3.63, 3.8) is 0 Å². The molecule has 0 radical (unpaired) electrons. The molecule has 14 rings (SSSR count). The smallest absolute Gasteiger partial charge is 0.134 e. The average Bonchev–Trinajstić information content (AvgIpc) is 3.62. The summed E-state index contributed by atoms with van der Waals surface area (Å²) in [4.78, 5) is 4.86. The molecule has 4 heteroatoms. The predicted octanol–water partition coefficient (Wildman–Crippen LogP) is 19.9. The third-order valence-electron chi connectivity index (χ3n) is 15.1. The lowest BCUT2D eigenvalue weighted by Crippen LogP contribution is -2.39. The Bertz CT molecular complexity index is 3690. The summed E-state index contributed by atoms with van der Waals surface area (Å²) in [5, 5.41) is 0. The molecule has 0 unspecified atom stereocenters. The van der Waals surface area contributed by atoms with Gasteiger partial charge in [0.1, 0.15) is 23.0 Å². The number of hydrogen-bond donors (Lipinski definition) is 0. The van der Waals surface area contributed by atoms with Gasteiger partial charge in [-0.05, 0) is 129 Å². The second-order valence-electron chi connectivity index (χ2n) is 19.6. The van der Waals surface area contributed by atoms with Crippen molar-refractivity contribution < 1.29 is 9.47 Å². The quantitative estimate of drug-likeness (QED) is 0.136. The highest BCUT2D eigenvalue weighted by Crippen LogP contribution is 2.66. The minimum atomic E-state index is -1.04. The highest BCUT2D eigenvalue weighted by Gasteiger charge is 2.54. The van der Waals surface area contributed by atoms with Gasteiger partial charge in [0.25, 0.3) is 0 Å². The largest absolute Gasteiger partial charge is 0.457 e. The lowest BCUT2D eigenvalue weighted by atomic mass is 9.61. The van der Waals surface area contributed by atoms with Gasteiger partial charge in [0.15, 0.2) is 0 Å². The van der Waals surface area contributed by atoms with Crippen molar-refractivity contribution in [3.05, 3.63) is 326 Å². The minimum absolute atomic E-state index is 0.755. The highest BCUT2D eigenvalue weighted by atomic mass is 16.5. The van der Waals surface area contributed by atoms with Crippen LogP contribution in [0.4, 0.5) is 34.1 Å². The van der Waals surface area contributed by atoms with E-state index in [-0.39, 0.29) is 0 Å². The van der Waals surface area contributed by atoms with E-state index in [4.69, 9.17) is 9.47 Å². The summed E-state index contributed by atoms with van der Waals surface area (Å²) in [6.07, 6.45) is 0. The molecule has 364 valence electrons. The molecule has 0 bridgehead atoms. The molecular formula is C73H50N2O2. The molecule has 0 amide bonds. The number of ether oxygens (including phenoxy) is 2. The van der Waals surface area contributed by atoms with E-state index in [9.17, 15) is 0 Å². The summed E-state index contributed by atoms with van der Waals surface area (Å²) in [6.45, 7) is 0. The van der Waals surface area contributed by atoms with Crippen molar-refractivity contribution in [3.8, 4) is 67.5 Å². The Morgan fingerprint density at radius 1 is 0.221 bits per heavy atom. The summed E-state index contributed by atoms with van der Waals surface area (Å²) in [5.41, 5.74) is 17.9. The van der Waals surface area contributed by atoms with Crippen LogP contribution in [0.25, 0.3) is 44.5 Å². The number of rotatable bonds is 10. The standard InChI is InChI=1S/C73H50N2O2/c1-5-23-51(24-6-1)55-31-17-35-59(47-55)74(60-36-18-32-56(48-60)52-25-7-2-8-26-52)65-41-21-45-69-71(65)73(63-39-13-15-43-67(63)76-69)64-40-14-16-44-68(64)77-70-46-22-42-66(72(70)73)75(61-37-19-33-57(49-61)53-27-9-3-10-28-53)62-38-20-34-58(50-62)54-29-11-4-12-30-54/h1-50H. The Balaban J connectivity index is 1.09. The van der Waals surface area contributed by atoms with E-state index >= 15 is 0 Å². The third-order valence-corrected chi connectivity index (χ3v) is 15.1. The number of fused-ring (bicyclic) bond motifs is 8. The first kappa shape index (κ1) is 45.5. The van der Waals surface area contributed by atoms with Crippen LogP contribution in [-0.2, 0) is 5.41 Å². The predicted molar refractivity (Wildman–Crippen MR) is 316 cm³/mol. The molecule has 0 saturated carbocycles. The Labute approximate surface area is 449 Å². The molecule has 1 spiro atoms. The molecule has 12 aromatic rings. The zero-order chi connectivity index (χ0) is 51.1. The van der Waals surface area contributed by atoms with Crippen LogP contribution in [0.1, 0.15) is 22.3 Å². The number of para-hydroxylation sites is 2. The second-order valence-corrected chi connectivity index (χ2v) is 19.6. The second kappa shape index (κ2) is 19.3. The summed E-state index contributed by atoms with van der Waals surface area (Å²) >= 11 is 0. The lowest BCUT2D eigenvalue weighted by molar-refractivity contribution is 0.400. The molecule has 2 aliphatic rings. The van der Waals surface area contributed by atoms with E-state index < -0.39 is 5.41 Å². The SMILES string of the molecule is c1ccc(-c2cccc(N(c3cccc(-c4ccccc4)c3)c3cccc4c3C3(c5ccccc5O4)c4ccccc4Oc4cccc(N(c5cccc(-c6ccccc6)c5)c5cccc(-c6ccccc6)c5)c43)c2)cc1. The van der Waals surface area contributed by atoms with Crippen LogP contribution in [0.2, 0.25) is 0 Å². The van der Waals surface area contributed by atoms with Crippen molar-refractivity contribution in [1.29, 1.82) is 0 Å². The van der Waals surface area contributed by atoms with Gasteiger partial charge in [0.2, 0.25) is 0 Å². The van der Waals surface area contributed by atoms with Crippen LogP contribution in [0, 0.1) is 0 Å². The van der Waals surface area contributed by atoms with Crippen molar-refractivity contribution in [2.45, 2.75) is 5.41 Å². The third kappa shape index (κ3) is 7.94. The first-order chi connectivity index (χ1) is 38.2. The maximum Gasteiger partial charge on any atom is 0.134 e. The summed E-state index contributed by atoms with van der Waals surface area (Å²) in [7, 11) is 0. The molecule has 2 heterocycles. The Kier molecular flexibility index (Phi) is 11.4. The maximum atomic E-state index is 7.30. The van der Waals surface area contributed by atoms with Gasteiger partial charge in [-0.15, -0.1) is 0 Å². The van der Waals surface area contributed by atoms with E-state index in [1.54, 1.807) is 0 Å². The zero-order valence-corrected chi connectivity index (χ0v) is 42.1. The van der Waals surface area contributed by atoms with E-state index in [1.807, 2.05) is 0 Å². The highest BCUT2D eigenvalue weighted by molar-refractivity contribution is 5.93. The molecule has 77 heavy (non-hydrogen) atoms. The number of benzene rings is 12. The molecule has 4 nitrogen and oxygen atoms in total. The van der Waals surface area contributed by atoms with Crippen molar-refractivity contribution in [2.24, 2.45) is 0 Å². The van der Waals surface area contributed by atoms with Crippen LogP contribution in [0.5, 0.6) is 23.0 Å². The maximum absolute atomic E-state index is 7.30. The van der Waals surface area contributed by atoms with Gasteiger partial charge in [0, 0.05) is 45.0 Å². The van der Waals surface area contributed by atoms with E-state index in [1.165, 1.54) is 0 Å². The Morgan fingerprint density at radius 3 is 0.805 bits per heavy atom. The van der Waals surface area contributed by atoms with Crippen LogP contribution < -0.4 is 19.3 Å². The minimum Gasteiger partial charge on any atom is -0.457 e. The zero-order valence-electron chi connectivity index (χ0n) is 42.1. The van der Waals surface area contributed by atoms with Gasteiger partial charge < -0.3 is 19.3 Å². The van der Waals surface area contributed by atoms with Crippen molar-refractivity contribution in [2.75, 3.05) is 9.80 Å². The van der Waals surface area contributed by atoms with Gasteiger partial charge in [0.05, 0.1) is 16.8 Å². The van der Waals surface area contributed by atoms with Gasteiger partial charge in [-0.3, -0.25) is 0 Å². The van der Waals surface area contributed by atoms with Crippen LogP contribution in [-0.4, -0.2) is 0 Å². The molecule has 0 fully saturated rings. The number of nitrogens with zero attached hydrogens (tertiary/aromatic N) is 2. The normalized spacial score (nSPS) is 12.5. The summed E-state index contributed by atoms with van der Waals surface area (Å²) in [6, 6.07) is 108. The van der Waals surface area contributed by atoms with Crippen LogP contribution in [0.3, 0.4) is 0 Å². The fourth-order valence-corrected chi connectivity index (χ4v) is 11.8. The van der Waals surface area contributed by atoms with Gasteiger partial charge >= 0.3 is 0 Å². The van der Waals surface area contributed by atoms with E-state index in [0.29, 0.717) is 0 Å². The van der Waals surface area contributed by atoms with E-state index in [0.717, 1.165) is 124 Å². The molecule has 0 aliphatic carbocycles. The first-order valence-electron chi connectivity index (χ1n) is 26.2. The van der Waals surface area contributed by atoms with Crippen molar-refractivity contribution in [1.82, 2.24) is 0 Å². The fraction of sp³-hybridized carbons (Fsp3) is 0.0137. The summed E-state index contributed by atoms with van der Waals surface area (Å²) < 4.78 is 14.6. The molecule has 12 aromatic carbocycles. The lowest BCUT2D eigenvalue weighted by Gasteiger charge is -2.48. The number of hydrogen-bond acceptors (Lipinski definition) is 4. The molecule has 0 saturated heterocycles. The molecule has 2 aliphatic heterocycles. The monoisotopic (exact) mass is 986 g/mol. The van der Waals surface area contributed by atoms with E-state index in [2.05, 4.69) is 313 Å². The first-order valence-corrected chi connectivity index (χ1v) is 26.2. The van der Waals surface area contributed by atoms with Crippen LogP contribution >= 0.6 is 0 Å².